The fourth-order valence-electron chi connectivity index (χ4n) is 5.42. The highest BCUT2D eigenvalue weighted by Gasteiger charge is 2.45. The molecule has 9 nitrogen and oxygen atoms in total. The van der Waals surface area contributed by atoms with Crippen LogP contribution < -0.4 is 10.0 Å². The van der Waals surface area contributed by atoms with Crippen LogP contribution in [0.5, 0.6) is 0 Å². The van der Waals surface area contributed by atoms with E-state index in [0.29, 0.717) is 17.9 Å². The van der Waals surface area contributed by atoms with Gasteiger partial charge in [-0.25, -0.2) is 9.18 Å². The highest BCUT2D eigenvalue weighted by atomic mass is 32.2. The van der Waals surface area contributed by atoms with Crippen LogP contribution in [0.3, 0.4) is 0 Å². The Balaban J connectivity index is 1.73. The number of hydrogen-bond donors (Lipinski definition) is 2. The molecule has 11 heteroatoms. The average molecular weight is 631 g/mol. The van der Waals surface area contributed by atoms with Gasteiger partial charge in [0.05, 0.1) is 18.3 Å². The zero-order chi connectivity index (χ0) is 32.4. The minimum atomic E-state index is -1.48. The Morgan fingerprint density at radius 2 is 1.80 bits per heavy atom. The summed E-state index contributed by atoms with van der Waals surface area (Å²) in [4.78, 5) is 32.4. The van der Waals surface area contributed by atoms with Gasteiger partial charge < -0.3 is 19.3 Å². The van der Waals surface area contributed by atoms with Gasteiger partial charge in [0.2, 0.25) is 5.91 Å². The smallest absolute Gasteiger partial charge is 0.411 e. The number of benzene rings is 1. The lowest BCUT2D eigenvalue weighted by molar-refractivity contribution is -0.120. The summed E-state index contributed by atoms with van der Waals surface area (Å²) in [5, 5.41) is 2.75. The van der Waals surface area contributed by atoms with Crippen LogP contribution in [-0.2, 0) is 31.2 Å². The number of aromatic nitrogens is 1. The van der Waals surface area contributed by atoms with Crippen LogP contribution in [0.15, 0.2) is 36.5 Å². The van der Waals surface area contributed by atoms with E-state index >= 15 is 4.39 Å². The number of carbonyl (C=O) groups excluding carboxylic acids is 2. The third-order valence-corrected chi connectivity index (χ3v) is 9.73. The third-order valence-electron chi connectivity index (χ3n) is 8.08. The molecule has 1 aromatic heterocycles. The molecule has 4 atom stereocenters. The number of methoxy groups -OCH3 is 1. The number of ether oxygens (including phenoxy) is 2. The fraction of sp³-hybridized carbons (Fsp3) is 0.606. The first-order valence-electron chi connectivity index (χ1n) is 15.3. The van der Waals surface area contributed by atoms with Crippen molar-refractivity contribution in [3.05, 3.63) is 59.2 Å². The summed E-state index contributed by atoms with van der Waals surface area (Å²) in [6, 6.07) is 7.57. The van der Waals surface area contributed by atoms with Gasteiger partial charge in [0, 0.05) is 36.8 Å². The van der Waals surface area contributed by atoms with E-state index in [2.05, 4.69) is 15.0 Å². The standard InChI is InChI=1S/C33H47FN4O5S/c1-21-17-24(14-16-35-21)33(15-13-22-9-10-22,37-44(41)32(5,6)7)23-11-12-26(34)27(18-23)36-29(39)28-19-25(42-8)20-38(28)30(40)43-31(2,3)4/h11-12,14,16-18,22,25,28,37H,9-10,13,15,19-20H2,1-8H3,(H,36,39)/t25-,28-,33?,44?/m1/s1. The summed E-state index contributed by atoms with van der Waals surface area (Å²) in [6.45, 7) is 13.1. The molecule has 44 heavy (non-hydrogen) atoms. The number of carbonyl (C=O) groups is 2. The number of rotatable bonds is 10. The van der Waals surface area contributed by atoms with E-state index < -0.39 is 51.1 Å². The average Bonchev–Trinajstić information content (AvgIpc) is 3.66. The molecule has 1 saturated heterocycles. The monoisotopic (exact) mass is 630 g/mol. The lowest BCUT2D eigenvalue weighted by atomic mass is 9.79. The lowest BCUT2D eigenvalue weighted by Crippen LogP contribution is -2.52. The van der Waals surface area contributed by atoms with Crippen molar-refractivity contribution in [1.29, 1.82) is 0 Å². The molecular formula is C33H47FN4O5S. The Hall–Kier alpha value is -2.73. The number of nitrogens with one attached hydrogen (secondary N) is 2. The lowest BCUT2D eigenvalue weighted by Gasteiger charge is -2.39. The topological polar surface area (TPSA) is 116 Å². The van der Waals surface area contributed by atoms with E-state index in [4.69, 9.17) is 9.47 Å². The molecule has 0 spiro atoms. The number of anilines is 1. The molecule has 1 aromatic carbocycles. The van der Waals surface area contributed by atoms with E-state index in [1.807, 2.05) is 39.8 Å². The SMILES string of the molecule is CO[C@@H]1C[C@H](C(=O)Nc2cc(C(CCC3CC3)(N[S+]([O-])C(C)(C)C)c3ccnc(C)c3)ccc2F)N(C(=O)OC(C)(C)C)C1. The van der Waals surface area contributed by atoms with Crippen LogP contribution in [-0.4, -0.2) is 62.6 Å². The van der Waals surface area contributed by atoms with Crippen molar-refractivity contribution in [2.24, 2.45) is 5.92 Å². The van der Waals surface area contributed by atoms with Crippen molar-refractivity contribution in [1.82, 2.24) is 14.6 Å². The van der Waals surface area contributed by atoms with Crippen LogP contribution in [0.2, 0.25) is 0 Å². The molecule has 1 aliphatic carbocycles. The molecule has 0 radical (unpaired) electrons. The maximum absolute atomic E-state index is 15.4. The zero-order valence-corrected chi connectivity index (χ0v) is 28.0. The molecule has 2 aliphatic rings. The summed E-state index contributed by atoms with van der Waals surface area (Å²) in [6.07, 6.45) is 4.78. The van der Waals surface area contributed by atoms with Crippen molar-refractivity contribution in [2.75, 3.05) is 19.0 Å². The number of hydrogen-bond acceptors (Lipinski definition) is 7. The fourth-order valence-corrected chi connectivity index (χ4v) is 6.38. The van der Waals surface area contributed by atoms with Crippen LogP contribution >= 0.6 is 0 Å². The second kappa shape index (κ2) is 13.3. The molecule has 4 rings (SSSR count). The van der Waals surface area contributed by atoms with Gasteiger partial charge in [-0.3, -0.25) is 14.7 Å². The largest absolute Gasteiger partial charge is 0.598 e. The summed E-state index contributed by atoms with van der Waals surface area (Å²) in [5.41, 5.74) is 0.610. The Kier molecular flexibility index (Phi) is 10.3. The Morgan fingerprint density at radius 1 is 1.11 bits per heavy atom. The molecule has 1 aliphatic heterocycles. The van der Waals surface area contributed by atoms with Crippen LogP contribution in [0.25, 0.3) is 0 Å². The van der Waals surface area contributed by atoms with E-state index in [-0.39, 0.29) is 24.8 Å². The summed E-state index contributed by atoms with van der Waals surface area (Å²) >= 11 is -1.48. The molecule has 242 valence electrons. The summed E-state index contributed by atoms with van der Waals surface area (Å²) in [5.74, 6) is -0.580. The molecule has 0 bridgehead atoms. The van der Waals surface area contributed by atoms with Gasteiger partial charge in [-0.15, -0.1) is 4.72 Å². The van der Waals surface area contributed by atoms with E-state index in [1.165, 1.54) is 18.1 Å². The molecule has 2 N–H and O–H groups in total. The van der Waals surface area contributed by atoms with Crippen molar-refractivity contribution in [3.8, 4) is 0 Å². The van der Waals surface area contributed by atoms with Crippen molar-refractivity contribution in [3.63, 3.8) is 0 Å². The Bertz CT molecular complexity index is 1340. The minimum absolute atomic E-state index is 0.0255. The molecule has 2 amide bonds. The van der Waals surface area contributed by atoms with Gasteiger partial charge in [-0.2, -0.15) is 0 Å². The molecule has 1 saturated carbocycles. The summed E-state index contributed by atoms with van der Waals surface area (Å²) in [7, 11) is 1.53. The van der Waals surface area contributed by atoms with E-state index in [9.17, 15) is 14.1 Å². The van der Waals surface area contributed by atoms with Crippen molar-refractivity contribution in [2.45, 2.75) is 109 Å². The van der Waals surface area contributed by atoms with Gasteiger partial charge in [0.1, 0.15) is 27.7 Å². The number of halogens is 1. The second-order valence-corrected chi connectivity index (χ2v) is 15.9. The second-order valence-electron chi connectivity index (χ2n) is 14.0. The number of amides is 2. The first-order chi connectivity index (χ1) is 20.5. The van der Waals surface area contributed by atoms with Crippen LogP contribution in [0.4, 0.5) is 14.9 Å². The number of nitrogens with zero attached hydrogens (tertiary/aromatic N) is 2. The van der Waals surface area contributed by atoms with Crippen LogP contribution in [0, 0.1) is 18.7 Å². The molecule has 2 fully saturated rings. The normalized spacial score (nSPS) is 21.1. The van der Waals surface area contributed by atoms with Gasteiger partial charge in [-0.05, 0) is 103 Å². The maximum atomic E-state index is 15.4. The van der Waals surface area contributed by atoms with E-state index in [0.717, 1.165) is 30.5 Å². The Morgan fingerprint density at radius 3 is 2.39 bits per heavy atom. The number of pyridine rings is 1. The van der Waals surface area contributed by atoms with Crippen molar-refractivity contribution < 1.29 is 28.0 Å². The number of likely N-dealkylation sites (tertiary alicyclic amines) is 1. The minimum Gasteiger partial charge on any atom is -0.598 e. The first-order valence-corrected chi connectivity index (χ1v) is 16.4. The third kappa shape index (κ3) is 8.29. The molecule has 2 unspecified atom stereocenters. The Labute approximate surface area is 264 Å². The summed E-state index contributed by atoms with van der Waals surface area (Å²) < 4.78 is 43.0. The van der Waals surface area contributed by atoms with Gasteiger partial charge >= 0.3 is 6.09 Å². The number of aryl methyl sites for hydroxylation is 1. The quantitative estimate of drug-likeness (QED) is 0.311. The molecule has 2 heterocycles. The van der Waals surface area contributed by atoms with Crippen LogP contribution in [0.1, 0.15) is 90.5 Å². The van der Waals surface area contributed by atoms with Gasteiger partial charge in [-0.1, -0.05) is 18.9 Å². The maximum Gasteiger partial charge on any atom is 0.411 e. The highest BCUT2D eigenvalue weighted by Crippen LogP contribution is 2.43. The molecular weight excluding hydrogens is 583 g/mol. The molecule has 2 aromatic rings. The first kappa shape index (κ1) is 34.1. The van der Waals surface area contributed by atoms with Crippen molar-refractivity contribution >= 4 is 29.0 Å². The predicted molar refractivity (Wildman–Crippen MR) is 170 cm³/mol. The predicted octanol–water partition coefficient (Wildman–Crippen LogP) is 5.98. The highest BCUT2D eigenvalue weighted by molar-refractivity contribution is 7.90. The van der Waals surface area contributed by atoms with Gasteiger partial charge in [0.25, 0.3) is 0 Å². The van der Waals surface area contributed by atoms with Gasteiger partial charge in [0.15, 0.2) is 0 Å². The zero-order valence-electron chi connectivity index (χ0n) is 27.2. The van der Waals surface area contributed by atoms with E-state index in [1.54, 1.807) is 39.1 Å².